The molecule has 0 unspecified atom stereocenters. The lowest BCUT2D eigenvalue weighted by atomic mass is 10.3. The minimum atomic E-state index is -4.57. The van der Waals surface area contributed by atoms with Gasteiger partial charge in [0.1, 0.15) is 0 Å². The van der Waals surface area contributed by atoms with Gasteiger partial charge < -0.3 is 5.11 Å². The van der Waals surface area contributed by atoms with Crippen LogP contribution < -0.4 is 0 Å². The quantitative estimate of drug-likeness (QED) is 0.917. The summed E-state index contributed by atoms with van der Waals surface area (Å²) in [6, 6.07) is 3.66. The fourth-order valence-electron chi connectivity index (χ4n) is 1.36. The van der Waals surface area contributed by atoms with Crippen molar-refractivity contribution < 1.29 is 18.3 Å². The topological polar surface area (TPSA) is 50.9 Å². The predicted molar refractivity (Wildman–Crippen MR) is 57.3 cm³/mol. The molecule has 96 valence electrons. The first kappa shape index (κ1) is 12.8. The average Bonchev–Trinajstić information content (AvgIpc) is 2.73. The normalized spacial score (nSPS) is 11.8. The highest BCUT2D eigenvalue weighted by atomic mass is 35.5. The number of aliphatic hydroxyl groups excluding tert-OH is 1. The summed E-state index contributed by atoms with van der Waals surface area (Å²) in [4.78, 5) is 3.84. The number of halogens is 4. The van der Waals surface area contributed by atoms with E-state index in [1.807, 2.05) is 0 Å². The highest BCUT2D eigenvalue weighted by molar-refractivity contribution is 6.30. The first-order chi connectivity index (χ1) is 8.41. The Kier molecular flexibility index (Phi) is 3.27. The number of hydrogen-bond donors (Lipinski definition) is 1. The van der Waals surface area contributed by atoms with Gasteiger partial charge in [0, 0.05) is 6.20 Å². The number of aliphatic hydroxyl groups is 1. The van der Waals surface area contributed by atoms with Gasteiger partial charge in [0.05, 0.1) is 17.3 Å². The van der Waals surface area contributed by atoms with Gasteiger partial charge in [0.2, 0.25) is 0 Å². The molecule has 0 atom stereocenters. The average molecular weight is 278 g/mol. The van der Waals surface area contributed by atoms with Gasteiger partial charge in [0.25, 0.3) is 0 Å². The van der Waals surface area contributed by atoms with E-state index in [0.717, 1.165) is 10.7 Å². The van der Waals surface area contributed by atoms with E-state index in [0.29, 0.717) is 5.02 Å². The molecule has 2 heterocycles. The maximum Gasteiger partial charge on any atom is 0.435 e. The van der Waals surface area contributed by atoms with Gasteiger partial charge in [0.15, 0.2) is 11.5 Å². The van der Waals surface area contributed by atoms with Crippen LogP contribution in [0.4, 0.5) is 13.2 Å². The Balaban J connectivity index is 2.50. The monoisotopic (exact) mass is 277 g/mol. The Morgan fingerprint density at radius 2 is 2.06 bits per heavy atom. The molecule has 0 amide bonds. The number of nitrogens with zero attached hydrogens (tertiary/aromatic N) is 3. The van der Waals surface area contributed by atoms with Crippen molar-refractivity contribution in [1.29, 1.82) is 0 Å². The summed E-state index contributed by atoms with van der Waals surface area (Å²) in [5, 5.41) is 12.8. The van der Waals surface area contributed by atoms with Gasteiger partial charge in [-0.3, -0.25) is 0 Å². The van der Waals surface area contributed by atoms with E-state index < -0.39 is 18.5 Å². The standard InChI is InChI=1S/C10H7ClF3N3O/c11-6-1-2-9(15-4-6)17-7(5-18)3-8(16-17)10(12,13)14/h1-4,18H,5H2. The van der Waals surface area contributed by atoms with Crippen molar-refractivity contribution in [2.75, 3.05) is 0 Å². The second-order valence-electron chi connectivity index (χ2n) is 3.42. The van der Waals surface area contributed by atoms with Crippen molar-refractivity contribution in [3.63, 3.8) is 0 Å². The van der Waals surface area contributed by atoms with Crippen LogP contribution in [0.3, 0.4) is 0 Å². The molecule has 0 aliphatic carbocycles. The van der Waals surface area contributed by atoms with E-state index in [1.54, 1.807) is 0 Å². The van der Waals surface area contributed by atoms with Gasteiger partial charge in [-0.25, -0.2) is 9.67 Å². The van der Waals surface area contributed by atoms with Gasteiger partial charge in [-0.2, -0.15) is 18.3 Å². The van der Waals surface area contributed by atoms with Crippen LogP contribution in [0.5, 0.6) is 0 Å². The highest BCUT2D eigenvalue weighted by Gasteiger charge is 2.35. The molecule has 2 aromatic rings. The van der Waals surface area contributed by atoms with Crippen molar-refractivity contribution in [2.24, 2.45) is 0 Å². The fraction of sp³-hybridized carbons (Fsp3) is 0.200. The smallest absolute Gasteiger partial charge is 0.390 e. The summed E-state index contributed by atoms with van der Waals surface area (Å²) in [5.74, 6) is 0.152. The van der Waals surface area contributed by atoms with Crippen LogP contribution in [0.2, 0.25) is 5.02 Å². The van der Waals surface area contributed by atoms with E-state index in [9.17, 15) is 13.2 Å². The summed E-state index contributed by atoms with van der Waals surface area (Å²) in [6.07, 6.45) is -3.28. The van der Waals surface area contributed by atoms with E-state index >= 15 is 0 Å². The van der Waals surface area contributed by atoms with Crippen LogP contribution >= 0.6 is 11.6 Å². The molecule has 18 heavy (non-hydrogen) atoms. The fourth-order valence-corrected chi connectivity index (χ4v) is 1.47. The Morgan fingerprint density at radius 3 is 2.56 bits per heavy atom. The maximum absolute atomic E-state index is 12.5. The zero-order chi connectivity index (χ0) is 13.3. The third-order valence-electron chi connectivity index (χ3n) is 2.16. The molecule has 0 aliphatic rings. The lowest BCUT2D eigenvalue weighted by Crippen LogP contribution is -2.08. The Bertz CT molecular complexity index is 550. The Morgan fingerprint density at radius 1 is 1.33 bits per heavy atom. The largest absolute Gasteiger partial charge is 0.435 e. The Hall–Kier alpha value is -1.60. The predicted octanol–water partition coefficient (Wildman–Crippen LogP) is 2.43. The van der Waals surface area contributed by atoms with Crippen molar-refractivity contribution >= 4 is 11.6 Å². The van der Waals surface area contributed by atoms with Crippen LogP contribution in [0, 0.1) is 0 Å². The molecule has 0 saturated carbocycles. The summed E-state index contributed by atoms with van der Waals surface area (Å²) in [6.45, 7) is -0.576. The van der Waals surface area contributed by atoms with Crippen molar-refractivity contribution in [2.45, 2.75) is 12.8 Å². The third kappa shape index (κ3) is 2.46. The number of hydrogen-bond acceptors (Lipinski definition) is 3. The summed E-state index contributed by atoms with van der Waals surface area (Å²) < 4.78 is 38.4. The van der Waals surface area contributed by atoms with Crippen molar-refractivity contribution in [3.8, 4) is 5.82 Å². The molecule has 0 aromatic carbocycles. The molecule has 2 rings (SSSR count). The first-order valence-corrected chi connectivity index (χ1v) is 5.18. The van der Waals surface area contributed by atoms with Crippen LogP contribution in [-0.4, -0.2) is 19.9 Å². The number of aromatic nitrogens is 3. The highest BCUT2D eigenvalue weighted by Crippen LogP contribution is 2.29. The zero-order valence-corrected chi connectivity index (χ0v) is 9.57. The number of pyridine rings is 1. The number of alkyl halides is 3. The summed E-state index contributed by atoms with van der Waals surface area (Å²) in [5.41, 5.74) is -1.08. The molecule has 1 N–H and O–H groups in total. The molecule has 8 heteroatoms. The third-order valence-corrected chi connectivity index (χ3v) is 2.39. The van der Waals surface area contributed by atoms with Crippen molar-refractivity contribution in [1.82, 2.24) is 14.8 Å². The Labute approximate surface area is 105 Å². The first-order valence-electron chi connectivity index (χ1n) is 4.81. The van der Waals surface area contributed by atoms with Crippen LogP contribution in [0.25, 0.3) is 5.82 Å². The van der Waals surface area contributed by atoms with Crippen LogP contribution in [-0.2, 0) is 12.8 Å². The molecule has 2 aromatic heterocycles. The summed E-state index contributed by atoms with van der Waals surface area (Å²) in [7, 11) is 0. The number of rotatable bonds is 2. The van der Waals surface area contributed by atoms with Crippen LogP contribution in [0.15, 0.2) is 24.4 Å². The minimum Gasteiger partial charge on any atom is -0.390 e. The second kappa shape index (κ2) is 4.58. The van der Waals surface area contributed by atoms with E-state index in [1.165, 1.54) is 18.3 Å². The molecule has 0 spiro atoms. The van der Waals surface area contributed by atoms with Crippen LogP contribution in [0.1, 0.15) is 11.4 Å². The molecule has 0 aliphatic heterocycles. The molecule has 0 bridgehead atoms. The van der Waals surface area contributed by atoms with Gasteiger partial charge >= 0.3 is 6.18 Å². The lowest BCUT2D eigenvalue weighted by molar-refractivity contribution is -0.141. The van der Waals surface area contributed by atoms with Crippen molar-refractivity contribution in [3.05, 3.63) is 40.8 Å². The molecule has 0 saturated heterocycles. The minimum absolute atomic E-state index is 0.00264. The molecule has 0 fully saturated rings. The summed E-state index contributed by atoms with van der Waals surface area (Å²) >= 11 is 5.63. The molecular weight excluding hydrogens is 271 g/mol. The van der Waals surface area contributed by atoms with Gasteiger partial charge in [-0.15, -0.1) is 0 Å². The van der Waals surface area contributed by atoms with E-state index in [-0.39, 0.29) is 11.5 Å². The SMILES string of the molecule is OCc1cc(C(F)(F)F)nn1-c1ccc(Cl)cn1. The van der Waals surface area contributed by atoms with Gasteiger partial charge in [-0.05, 0) is 18.2 Å². The van der Waals surface area contributed by atoms with Gasteiger partial charge in [-0.1, -0.05) is 11.6 Å². The van der Waals surface area contributed by atoms with E-state index in [4.69, 9.17) is 16.7 Å². The lowest BCUT2D eigenvalue weighted by Gasteiger charge is -2.04. The zero-order valence-electron chi connectivity index (χ0n) is 8.82. The maximum atomic E-state index is 12.5. The second-order valence-corrected chi connectivity index (χ2v) is 3.86. The van der Waals surface area contributed by atoms with E-state index in [2.05, 4.69) is 10.1 Å². The molecular formula is C10H7ClF3N3O. The molecule has 0 radical (unpaired) electrons. The molecule has 4 nitrogen and oxygen atoms in total.